The third kappa shape index (κ3) is 3.21. The molecule has 0 aliphatic heterocycles. The molecule has 1 aliphatic rings. The summed E-state index contributed by atoms with van der Waals surface area (Å²) in [7, 11) is 0. The summed E-state index contributed by atoms with van der Waals surface area (Å²) in [5.74, 6) is 0.593. The average molecular weight is 271 g/mol. The van der Waals surface area contributed by atoms with E-state index in [9.17, 15) is 0 Å². The van der Waals surface area contributed by atoms with Gasteiger partial charge in [-0.25, -0.2) is 4.68 Å². The van der Waals surface area contributed by atoms with Crippen LogP contribution in [0.15, 0.2) is 18.6 Å². The molecule has 0 aromatic carbocycles. The third-order valence-corrected chi connectivity index (χ3v) is 3.99. The van der Waals surface area contributed by atoms with E-state index in [4.69, 9.17) is 0 Å². The van der Waals surface area contributed by atoms with Gasteiger partial charge in [-0.1, -0.05) is 30.9 Å². The van der Waals surface area contributed by atoms with Gasteiger partial charge in [0.2, 0.25) is 0 Å². The van der Waals surface area contributed by atoms with Gasteiger partial charge < -0.3 is 0 Å². The summed E-state index contributed by atoms with van der Waals surface area (Å²) >= 11 is 0. The van der Waals surface area contributed by atoms with E-state index in [1.54, 1.807) is 6.20 Å². The van der Waals surface area contributed by atoms with Gasteiger partial charge in [0.05, 0.1) is 29.8 Å². The minimum absolute atomic E-state index is 0.593. The molecule has 0 amide bonds. The Morgan fingerprint density at radius 2 is 1.90 bits per heavy atom. The largest absolute Gasteiger partial charge is 0.258 e. The highest BCUT2D eigenvalue weighted by Gasteiger charge is 2.17. The van der Waals surface area contributed by atoms with Gasteiger partial charge in [-0.2, -0.15) is 0 Å². The van der Waals surface area contributed by atoms with Crippen molar-refractivity contribution in [2.45, 2.75) is 57.9 Å². The summed E-state index contributed by atoms with van der Waals surface area (Å²) in [5.41, 5.74) is 3.01. The van der Waals surface area contributed by atoms with Crippen molar-refractivity contribution in [3.63, 3.8) is 0 Å². The van der Waals surface area contributed by atoms with E-state index in [2.05, 4.69) is 26.5 Å². The molecule has 2 heterocycles. The number of aromatic nitrogens is 5. The van der Waals surface area contributed by atoms with Crippen molar-refractivity contribution in [1.29, 1.82) is 0 Å². The van der Waals surface area contributed by atoms with Crippen molar-refractivity contribution < 1.29 is 0 Å². The van der Waals surface area contributed by atoms with E-state index < -0.39 is 0 Å². The Morgan fingerprint density at radius 3 is 2.60 bits per heavy atom. The number of hydrogen-bond donors (Lipinski definition) is 0. The van der Waals surface area contributed by atoms with Crippen molar-refractivity contribution in [2.75, 3.05) is 0 Å². The Morgan fingerprint density at radius 1 is 1.10 bits per heavy atom. The molecule has 3 rings (SSSR count). The topological polar surface area (TPSA) is 56.5 Å². The predicted molar refractivity (Wildman–Crippen MR) is 76.3 cm³/mol. The van der Waals surface area contributed by atoms with Gasteiger partial charge in [0.15, 0.2) is 0 Å². The Hall–Kier alpha value is -1.78. The molecule has 5 nitrogen and oxygen atoms in total. The maximum atomic E-state index is 4.36. The van der Waals surface area contributed by atoms with Crippen LogP contribution in [0.3, 0.4) is 0 Å². The van der Waals surface area contributed by atoms with Crippen LogP contribution in [-0.2, 0) is 6.54 Å². The monoisotopic (exact) mass is 271 g/mol. The first kappa shape index (κ1) is 13.2. The molecular weight excluding hydrogens is 250 g/mol. The molecule has 0 saturated heterocycles. The third-order valence-electron chi connectivity index (χ3n) is 3.99. The maximum absolute atomic E-state index is 4.36. The molecule has 106 valence electrons. The highest BCUT2D eigenvalue weighted by molar-refractivity contribution is 5.05. The highest BCUT2D eigenvalue weighted by Crippen LogP contribution is 2.30. The first-order valence-corrected chi connectivity index (χ1v) is 7.49. The maximum Gasteiger partial charge on any atom is 0.0864 e. The number of nitrogens with zero attached hydrogens (tertiary/aromatic N) is 5. The fourth-order valence-corrected chi connectivity index (χ4v) is 2.82. The van der Waals surface area contributed by atoms with Gasteiger partial charge in [-0.05, 0) is 19.8 Å². The molecule has 0 spiro atoms. The minimum atomic E-state index is 0.593. The van der Waals surface area contributed by atoms with E-state index >= 15 is 0 Å². The summed E-state index contributed by atoms with van der Waals surface area (Å²) in [6.07, 6.45) is 13.6. The average Bonchev–Trinajstić information content (AvgIpc) is 2.74. The predicted octanol–water partition coefficient (Wildman–Crippen LogP) is 2.86. The van der Waals surface area contributed by atoms with Gasteiger partial charge in [0, 0.05) is 18.3 Å². The van der Waals surface area contributed by atoms with Gasteiger partial charge in [0.25, 0.3) is 0 Å². The number of aryl methyl sites for hydroxylation is 1. The Bertz CT molecular complexity index is 538. The molecule has 2 aromatic rings. The molecule has 0 radical (unpaired) electrons. The molecule has 0 N–H and O–H groups in total. The standard InChI is InChI=1S/C15H21N5/c1-12-8-17-14(9-16-12)10-20-11-15(18-19-20)13-6-4-2-3-5-7-13/h8-9,11,13H,2-7,10H2,1H3. The van der Waals surface area contributed by atoms with Crippen LogP contribution in [0.1, 0.15) is 61.5 Å². The second-order valence-electron chi connectivity index (χ2n) is 5.68. The fourth-order valence-electron chi connectivity index (χ4n) is 2.82. The van der Waals surface area contributed by atoms with Crippen molar-refractivity contribution in [2.24, 2.45) is 0 Å². The quantitative estimate of drug-likeness (QED) is 0.805. The van der Waals surface area contributed by atoms with Gasteiger partial charge in [-0.15, -0.1) is 5.10 Å². The lowest BCUT2D eigenvalue weighted by molar-refractivity contribution is 0.575. The van der Waals surface area contributed by atoms with Crippen LogP contribution in [0.5, 0.6) is 0 Å². The molecule has 0 unspecified atom stereocenters. The minimum Gasteiger partial charge on any atom is -0.258 e. The van der Waals surface area contributed by atoms with E-state index in [1.807, 2.05) is 17.8 Å². The fraction of sp³-hybridized carbons (Fsp3) is 0.600. The van der Waals surface area contributed by atoms with Crippen molar-refractivity contribution in [1.82, 2.24) is 25.0 Å². The molecule has 1 aliphatic carbocycles. The molecule has 2 aromatic heterocycles. The first-order valence-electron chi connectivity index (χ1n) is 7.49. The summed E-state index contributed by atoms with van der Waals surface area (Å²) in [6, 6.07) is 0. The molecule has 0 atom stereocenters. The molecule has 5 heteroatoms. The number of hydrogen-bond acceptors (Lipinski definition) is 4. The first-order chi connectivity index (χ1) is 9.81. The van der Waals surface area contributed by atoms with Crippen molar-refractivity contribution >= 4 is 0 Å². The second kappa shape index (κ2) is 6.11. The van der Waals surface area contributed by atoms with Crippen LogP contribution >= 0.6 is 0 Å². The van der Waals surface area contributed by atoms with E-state index in [-0.39, 0.29) is 0 Å². The zero-order valence-electron chi connectivity index (χ0n) is 12.0. The molecule has 0 bridgehead atoms. The van der Waals surface area contributed by atoms with Crippen LogP contribution in [0, 0.1) is 6.92 Å². The zero-order valence-corrected chi connectivity index (χ0v) is 12.0. The Kier molecular flexibility index (Phi) is 4.04. The van der Waals surface area contributed by atoms with E-state index in [0.717, 1.165) is 17.1 Å². The lowest BCUT2D eigenvalue weighted by Gasteiger charge is -2.09. The summed E-state index contributed by atoms with van der Waals surface area (Å²) in [4.78, 5) is 8.62. The lowest BCUT2D eigenvalue weighted by Crippen LogP contribution is -2.03. The normalized spacial score (nSPS) is 17.1. The Balaban J connectivity index is 1.68. The van der Waals surface area contributed by atoms with Crippen LogP contribution in [-0.4, -0.2) is 25.0 Å². The molecule has 20 heavy (non-hydrogen) atoms. The molecular formula is C15H21N5. The highest BCUT2D eigenvalue weighted by atomic mass is 15.4. The number of rotatable bonds is 3. The smallest absolute Gasteiger partial charge is 0.0864 e. The second-order valence-corrected chi connectivity index (χ2v) is 5.68. The van der Waals surface area contributed by atoms with E-state index in [1.165, 1.54) is 38.5 Å². The summed E-state index contributed by atoms with van der Waals surface area (Å²) in [6.45, 7) is 2.59. The van der Waals surface area contributed by atoms with Gasteiger partial charge in [0.1, 0.15) is 0 Å². The van der Waals surface area contributed by atoms with Crippen molar-refractivity contribution in [3.05, 3.63) is 35.7 Å². The van der Waals surface area contributed by atoms with Gasteiger partial charge in [-0.3, -0.25) is 9.97 Å². The van der Waals surface area contributed by atoms with Crippen LogP contribution in [0.25, 0.3) is 0 Å². The van der Waals surface area contributed by atoms with Crippen LogP contribution < -0.4 is 0 Å². The summed E-state index contributed by atoms with van der Waals surface area (Å²) < 4.78 is 1.87. The summed E-state index contributed by atoms with van der Waals surface area (Å²) in [5, 5.41) is 8.60. The Labute approximate surface area is 119 Å². The zero-order chi connectivity index (χ0) is 13.8. The lowest BCUT2D eigenvalue weighted by atomic mass is 9.97. The van der Waals surface area contributed by atoms with Crippen LogP contribution in [0.2, 0.25) is 0 Å². The van der Waals surface area contributed by atoms with Crippen LogP contribution in [0.4, 0.5) is 0 Å². The van der Waals surface area contributed by atoms with Crippen molar-refractivity contribution in [3.8, 4) is 0 Å². The molecule has 1 fully saturated rings. The van der Waals surface area contributed by atoms with Gasteiger partial charge >= 0.3 is 0 Å². The SMILES string of the molecule is Cc1cnc(Cn2cc(C3CCCCCC3)nn2)cn1. The van der Waals surface area contributed by atoms with E-state index in [0.29, 0.717) is 12.5 Å². The molecule has 1 saturated carbocycles.